The van der Waals surface area contributed by atoms with Gasteiger partial charge in [0.25, 0.3) is 0 Å². The highest BCUT2D eigenvalue weighted by molar-refractivity contribution is 9.10. The Kier molecular flexibility index (Phi) is 6.40. The second kappa shape index (κ2) is 7.59. The van der Waals surface area contributed by atoms with E-state index in [1.165, 1.54) is 0 Å². The summed E-state index contributed by atoms with van der Waals surface area (Å²) >= 11 is 3.35. The molecule has 116 valence electrons. The van der Waals surface area contributed by atoms with Crippen molar-refractivity contribution in [1.29, 1.82) is 0 Å². The molecule has 0 heterocycles. The van der Waals surface area contributed by atoms with Crippen molar-refractivity contribution in [3.05, 3.63) is 34.3 Å². The Morgan fingerprint density at radius 2 is 1.86 bits per heavy atom. The molecule has 1 rings (SSSR count). The maximum absolute atomic E-state index is 12.4. The molecule has 0 bridgehead atoms. The van der Waals surface area contributed by atoms with Gasteiger partial charge < -0.3 is 9.84 Å². The molecule has 0 saturated carbocycles. The smallest absolute Gasteiger partial charge is 0.324 e. The number of hydrogen-bond acceptors (Lipinski definition) is 3. The van der Waals surface area contributed by atoms with Gasteiger partial charge in [-0.05, 0) is 31.0 Å². The van der Waals surface area contributed by atoms with Crippen molar-refractivity contribution in [2.24, 2.45) is 5.41 Å². The molecular formula is C16H21BrO4. The third-order valence-electron chi connectivity index (χ3n) is 3.77. The predicted octanol–water partition coefficient (Wildman–Crippen LogP) is 3.99. The van der Waals surface area contributed by atoms with Crippen molar-refractivity contribution in [3.63, 3.8) is 0 Å². The second-order valence-electron chi connectivity index (χ2n) is 5.02. The van der Waals surface area contributed by atoms with Crippen LogP contribution in [-0.2, 0) is 14.3 Å². The largest absolute Gasteiger partial charge is 0.480 e. The van der Waals surface area contributed by atoms with Crippen LogP contribution in [0.15, 0.2) is 28.7 Å². The van der Waals surface area contributed by atoms with E-state index in [9.17, 15) is 14.7 Å². The summed E-state index contributed by atoms with van der Waals surface area (Å²) in [7, 11) is 0. The van der Waals surface area contributed by atoms with Crippen LogP contribution < -0.4 is 0 Å². The molecular weight excluding hydrogens is 336 g/mol. The summed E-state index contributed by atoms with van der Waals surface area (Å²) in [5, 5.41) is 9.73. The molecule has 5 heteroatoms. The molecule has 1 aromatic rings. The van der Waals surface area contributed by atoms with E-state index in [0.717, 1.165) is 10.0 Å². The molecule has 0 fully saturated rings. The lowest BCUT2D eigenvalue weighted by atomic mass is 9.70. The molecule has 1 N–H and O–H groups in total. The average molecular weight is 357 g/mol. The Morgan fingerprint density at radius 3 is 2.29 bits per heavy atom. The molecule has 21 heavy (non-hydrogen) atoms. The van der Waals surface area contributed by atoms with Gasteiger partial charge in [-0.2, -0.15) is 0 Å². The number of carbonyl (C=O) groups is 2. The molecule has 0 aliphatic heterocycles. The fraction of sp³-hybridized carbons (Fsp3) is 0.500. The van der Waals surface area contributed by atoms with Crippen molar-refractivity contribution in [2.45, 2.75) is 39.5 Å². The summed E-state index contributed by atoms with van der Waals surface area (Å²) in [4.78, 5) is 24.3. The zero-order valence-electron chi connectivity index (χ0n) is 12.6. The number of esters is 1. The number of ether oxygens (including phenoxy) is 1. The quantitative estimate of drug-likeness (QED) is 0.592. The SMILES string of the molecule is CCCC(C(=O)O)(C(=O)OCC)C(C)c1ccc(Br)cc1. The van der Waals surface area contributed by atoms with E-state index in [-0.39, 0.29) is 13.0 Å². The van der Waals surface area contributed by atoms with Gasteiger partial charge in [-0.3, -0.25) is 9.59 Å². The lowest BCUT2D eigenvalue weighted by Crippen LogP contribution is -2.45. The number of halogens is 1. The highest BCUT2D eigenvalue weighted by atomic mass is 79.9. The lowest BCUT2D eigenvalue weighted by molar-refractivity contribution is -0.171. The van der Waals surface area contributed by atoms with Crippen molar-refractivity contribution in [2.75, 3.05) is 6.61 Å². The summed E-state index contributed by atoms with van der Waals surface area (Å²) in [5.74, 6) is -2.25. The van der Waals surface area contributed by atoms with Gasteiger partial charge in [0.1, 0.15) is 0 Å². The Balaban J connectivity index is 3.30. The van der Waals surface area contributed by atoms with Gasteiger partial charge >= 0.3 is 11.9 Å². The maximum Gasteiger partial charge on any atom is 0.324 e. The fourth-order valence-corrected chi connectivity index (χ4v) is 2.83. The number of carboxylic acid groups (broad SMARTS) is 1. The zero-order chi connectivity index (χ0) is 16.0. The highest BCUT2D eigenvalue weighted by Crippen LogP contribution is 2.41. The fourth-order valence-electron chi connectivity index (χ4n) is 2.56. The predicted molar refractivity (Wildman–Crippen MR) is 84.2 cm³/mol. The van der Waals surface area contributed by atoms with Gasteiger partial charge in [0.05, 0.1) is 6.61 Å². The number of aliphatic carboxylic acids is 1. The van der Waals surface area contributed by atoms with Crippen LogP contribution in [0.1, 0.15) is 45.1 Å². The van der Waals surface area contributed by atoms with Crippen LogP contribution in [0, 0.1) is 5.41 Å². The van der Waals surface area contributed by atoms with Gasteiger partial charge in [-0.15, -0.1) is 0 Å². The van der Waals surface area contributed by atoms with E-state index >= 15 is 0 Å². The van der Waals surface area contributed by atoms with E-state index < -0.39 is 23.3 Å². The van der Waals surface area contributed by atoms with Gasteiger partial charge in [-0.25, -0.2) is 0 Å². The third kappa shape index (κ3) is 3.64. The molecule has 0 aromatic heterocycles. The van der Waals surface area contributed by atoms with Crippen molar-refractivity contribution >= 4 is 27.9 Å². The Bertz CT molecular complexity index is 498. The van der Waals surface area contributed by atoms with Crippen molar-refractivity contribution < 1.29 is 19.4 Å². The van der Waals surface area contributed by atoms with E-state index in [1.54, 1.807) is 13.8 Å². The Hall–Kier alpha value is -1.36. The van der Waals surface area contributed by atoms with Gasteiger partial charge in [0, 0.05) is 10.4 Å². The van der Waals surface area contributed by atoms with Gasteiger partial charge in [0.2, 0.25) is 0 Å². The third-order valence-corrected chi connectivity index (χ3v) is 4.30. The van der Waals surface area contributed by atoms with Crippen LogP contribution in [0.25, 0.3) is 0 Å². The van der Waals surface area contributed by atoms with E-state index in [0.29, 0.717) is 6.42 Å². The molecule has 0 saturated heterocycles. The van der Waals surface area contributed by atoms with Crippen LogP contribution in [-0.4, -0.2) is 23.7 Å². The molecule has 0 amide bonds. The summed E-state index contributed by atoms with van der Waals surface area (Å²) in [5.41, 5.74) is -0.736. The highest BCUT2D eigenvalue weighted by Gasteiger charge is 2.51. The first-order valence-electron chi connectivity index (χ1n) is 7.06. The number of carbonyl (C=O) groups excluding carboxylic acids is 1. The van der Waals surface area contributed by atoms with E-state index in [2.05, 4.69) is 15.9 Å². The summed E-state index contributed by atoms with van der Waals surface area (Å²) in [6.07, 6.45) is 0.838. The number of rotatable bonds is 7. The van der Waals surface area contributed by atoms with Crippen LogP contribution in [0.4, 0.5) is 0 Å². The number of hydrogen-bond donors (Lipinski definition) is 1. The standard InChI is InChI=1S/C16H21BrO4/c1-4-10-16(14(18)19,15(20)21-5-2)11(3)12-6-8-13(17)9-7-12/h6-9,11H,4-5,10H2,1-3H3,(H,18,19). The molecule has 0 spiro atoms. The van der Waals surface area contributed by atoms with Crippen LogP contribution in [0.5, 0.6) is 0 Å². The first-order chi connectivity index (χ1) is 9.90. The van der Waals surface area contributed by atoms with E-state index in [4.69, 9.17) is 4.74 Å². The number of carboxylic acids is 1. The lowest BCUT2D eigenvalue weighted by Gasteiger charge is -2.33. The molecule has 0 radical (unpaired) electrons. The number of benzene rings is 1. The van der Waals surface area contributed by atoms with Crippen molar-refractivity contribution in [3.8, 4) is 0 Å². The molecule has 0 aliphatic carbocycles. The van der Waals surface area contributed by atoms with E-state index in [1.807, 2.05) is 31.2 Å². The summed E-state index contributed by atoms with van der Waals surface area (Å²) < 4.78 is 5.97. The second-order valence-corrected chi connectivity index (χ2v) is 5.94. The molecule has 2 atom stereocenters. The van der Waals surface area contributed by atoms with Crippen LogP contribution in [0.3, 0.4) is 0 Å². The summed E-state index contributed by atoms with van der Waals surface area (Å²) in [6, 6.07) is 7.35. The zero-order valence-corrected chi connectivity index (χ0v) is 14.1. The molecule has 0 aliphatic rings. The monoisotopic (exact) mass is 356 g/mol. The minimum Gasteiger partial charge on any atom is -0.480 e. The first-order valence-corrected chi connectivity index (χ1v) is 7.85. The van der Waals surface area contributed by atoms with Crippen molar-refractivity contribution in [1.82, 2.24) is 0 Å². The average Bonchev–Trinajstić information content (AvgIpc) is 2.44. The molecule has 1 aromatic carbocycles. The maximum atomic E-state index is 12.4. The molecule has 2 unspecified atom stereocenters. The first kappa shape index (κ1) is 17.7. The minimum atomic E-state index is -1.54. The normalized spacial score (nSPS) is 15.0. The molecule has 4 nitrogen and oxygen atoms in total. The van der Waals surface area contributed by atoms with Crippen LogP contribution in [0.2, 0.25) is 0 Å². The topological polar surface area (TPSA) is 63.6 Å². The van der Waals surface area contributed by atoms with Crippen LogP contribution >= 0.6 is 15.9 Å². The Labute approximate surface area is 133 Å². The summed E-state index contributed by atoms with van der Waals surface area (Å²) in [6.45, 7) is 5.49. The Morgan fingerprint density at radius 1 is 1.29 bits per heavy atom. The van der Waals surface area contributed by atoms with Gasteiger partial charge in [-0.1, -0.05) is 48.3 Å². The van der Waals surface area contributed by atoms with Gasteiger partial charge in [0.15, 0.2) is 5.41 Å². The minimum absolute atomic E-state index is 0.171.